The van der Waals surface area contributed by atoms with E-state index < -0.39 is 12.2 Å². The van der Waals surface area contributed by atoms with Gasteiger partial charge in [0.1, 0.15) is 6.61 Å². The monoisotopic (exact) mass is 713 g/mol. The highest BCUT2D eigenvalue weighted by Gasteiger charge is 2.15. The van der Waals surface area contributed by atoms with Gasteiger partial charge in [0.25, 0.3) is 0 Å². The van der Waals surface area contributed by atoms with Gasteiger partial charge in [-0.2, -0.15) is 0 Å². The number of hydrogen-bond donors (Lipinski definition) is 2. The van der Waals surface area contributed by atoms with Crippen LogP contribution in [0.4, 0.5) is 0 Å². The van der Waals surface area contributed by atoms with E-state index in [9.17, 15) is 19.8 Å². The molecule has 0 fully saturated rings. The molecule has 0 aliphatic rings. The van der Waals surface area contributed by atoms with E-state index in [1.807, 2.05) is 30.4 Å². The summed E-state index contributed by atoms with van der Waals surface area (Å²) in [5.41, 5.74) is 0. The Morgan fingerprint density at radius 1 is 0.608 bits per heavy atom. The molecule has 0 aromatic heterocycles. The van der Waals surface area contributed by atoms with Crippen LogP contribution < -0.4 is 0 Å². The molecule has 0 aliphatic carbocycles. The van der Waals surface area contributed by atoms with Gasteiger partial charge in [-0.15, -0.1) is 0 Å². The molecule has 2 atom stereocenters. The highest BCUT2D eigenvalue weighted by Crippen LogP contribution is 2.15. The second-order valence-corrected chi connectivity index (χ2v) is 14.0. The molecular formula is C45H76O6. The number of carbonyl (C=O) groups is 2. The molecule has 0 heterocycles. The van der Waals surface area contributed by atoms with E-state index in [-0.39, 0.29) is 31.6 Å². The minimum absolute atomic E-state index is 0.119. The molecule has 0 aliphatic heterocycles. The maximum Gasteiger partial charge on any atom is 0.306 e. The first-order valence-electron chi connectivity index (χ1n) is 20.5. The molecule has 6 heteroatoms. The van der Waals surface area contributed by atoms with Gasteiger partial charge in [0, 0.05) is 12.8 Å². The largest absolute Gasteiger partial charge is 0.462 e. The lowest BCUT2D eigenvalue weighted by Gasteiger charge is -2.15. The molecular weight excluding hydrogens is 636 g/mol. The van der Waals surface area contributed by atoms with Gasteiger partial charge < -0.3 is 19.7 Å². The van der Waals surface area contributed by atoms with E-state index in [4.69, 9.17) is 9.47 Å². The topological polar surface area (TPSA) is 93.1 Å². The van der Waals surface area contributed by atoms with Gasteiger partial charge in [-0.25, -0.2) is 0 Å². The number of allylic oxidation sites excluding steroid dienone is 10. The van der Waals surface area contributed by atoms with E-state index >= 15 is 0 Å². The lowest BCUT2D eigenvalue weighted by atomic mass is 10.0. The summed E-state index contributed by atoms with van der Waals surface area (Å²) in [5, 5.41) is 19.4. The van der Waals surface area contributed by atoms with Crippen LogP contribution in [0.5, 0.6) is 0 Å². The van der Waals surface area contributed by atoms with E-state index in [2.05, 4.69) is 57.2 Å². The number of hydrogen-bond acceptors (Lipinski definition) is 6. The molecule has 0 aromatic carbocycles. The molecule has 0 bridgehead atoms. The fraction of sp³-hybridized carbons (Fsp3) is 0.689. The first-order valence-corrected chi connectivity index (χ1v) is 20.5. The second-order valence-electron chi connectivity index (χ2n) is 14.0. The van der Waals surface area contributed by atoms with Crippen LogP contribution in [0.2, 0.25) is 0 Å². The number of ether oxygens (including phenoxy) is 2. The zero-order valence-corrected chi connectivity index (χ0v) is 32.9. The van der Waals surface area contributed by atoms with E-state index in [0.717, 1.165) is 50.9 Å². The summed E-state index contributed by atoms with van der Waals surface area (Å²) < 4.78 is 10.5. The maximum atomic E-state index is 12.2. The third kappa shape index (κ3) is 38.4. The Bertz CT molecular complexity index is 973. The summed E-state index contributed by atoms with van der Waals surface area (Å²) in [7, 11) is 0. The first-order chi connectivity index (χ1) is 24.9. The average molecular weight is 713 g/mol. The minimum Gasteiger partial charge on any atom is -0.462 e. The Balaban J connectivity index is 3.72. The zero-order valence-electron chi connectivity index (χ0n) is 32.9. The molecule has 0 rings (SSSR count). The number of esters is 2. The van der Waals surface area contributed by atoms with Crippen molar-refractivity contribution in [2.45, 2.75) is 181 Å². The summed E-state index contributed by atoms with van der Waals surface area (Å²) in [4.78, 5) is 24.3. The quantitative estimate of drug-likeness (QED) is 0.0294. The Morgan fingerprint density at radius 3 is 1.69 bits per heavy atom. The molecule has 0 saturated heterocycles. The standard InChI is InChI=1S/C45H76O6/c1-4-5-29-35-42(47)36-31-26-22-18-14-10-8-12-15-19-23-27-32-37-44(48)50-40-43(39-46)51-45(49)38-33-28-24-20-16-11-7-6-9-13-17-21-25-30-34-41(2)3/h5,10,12,14-15,22-23,26-27,29,31,36,41-43,46-47H,4,6-9,11,13,16-21,24-25,28,30,32-35,37-40H2,1-3H3/b14-10-,15-12-,26-22+,27-23-,29-5-,36-31+/t42?,43-/m0/s1. The number of rotatable bonds is 35. The van der Waals surface area contributed by atoms with Crippen molar-refractivity contribution in [3.8, 4) is 0 Å². The molecule has 6 nitrogen and oxygen atoms in total. The lowest BCUT2D eigenvalue weighted by molar-refractivity contribution is -0.161. The summed E-state index contributed by atoms with van der Waals surface area (Å²) in [6.07, 6.45) is 47.3. The normalized spacial score (nSPS) is 13.7. The van der Waals surface area contributed by atoms with Crippen molar-refractivity contribution in [3.05, 3.63) is 72.9 Å². The van der Waals surface area contributed by atoms with Crippen LogP contribution in [0, 0.1) is 5.92 Å². The SMILES string of the molecule is CC/C=C\CC(O)/C=C/C=C/C/C=C\C/C=C\C/C=C\CCC(=O)OC[C@H](CO)OC(=O)CCCCCCCCCCCCCCCCC(C)C. The first kappa shape index (κ1) is 48.3. The van der Waals surface area contributed by atoms with Gasteiger partial charge >= 0.3 is 11.9 Å². The van der Waals surface area contributed by atoms with Crippen LogP contribution >= 0.6 is 0 Å². The molecule has 0 spiro atoms. The van der Waals surface area contributed by atoms with Crippen LogP contribution in [-0.2, 0) is 19.1 Å². The van der Waals surface area contributed by atoms with Crippen molar-refractivity contribution in [2.75, 3.05) is 13.2 Å². The van der Waals surface area contributed by atoms with Crippen molar-refractivity contribution in [3.63, 3.8) is 0 Å². The third-order valence-electron chi connectivity index (χ3n) is 8.54. The molecule has 0 aromatic rings. The van der Waals surface area contributed by atoms with Gasteiger partial charge in [-0.3, -0.25) is 9.59 Å². The third-order valence-corrected chi connectivity index (χ3v) is 8.54. The lowest BCUT2D eigenvalue weighted by Crippen LogP contribution is -2.28. The molecule has 51 heavy (non-hydrogen) atoms. The van der Waals surface area contributed by atoms with Crippen molar-refractivity contribution in [2.24, 2.45) is 5.92 Å². The summed E-state index contributed by atoms with van der Waals surface area (Å²) in [6, 6.07) is 0. The van der Waals surface area contributed by atoms with Gasteiger partial charge in [0.05, 0.1) is 12.7 Å². The maximum absolute atomic E-state index is 12.2. The highest BCUT2D eigenvalue weighted by atomic mass is 16.6. The number of aliphatic hydroxyl groups excluding tert-OH is 2. The predicted octanol–water partition coefficient (Wildman–Crippen LogP) is 11.8. The van der Waals surface area contributed by atoms with Crippen molar-refractivity contribution < 1.29 is 29.3 Å². The molecule has 0 radical (unpaired) electrons. The fourth-order valence-electron chi connectivity index (χ4n) is 5.44. The molecule has 0 amide bonds. The minimum atomic E-state index is -0.814. The summed E-state index contributed by atoms with van der Waals surface area (Å²) in [6.45, 7) is 6.21. The van der Waals surface area contributed by atoms with Crippen molar-refractivity contribution in [1.29, 1.82) is 0 Å². The molecule has 2 N–H and O–H groups in total. The Hall–Kier alpha value is -2.70. The van der Waals surface area contributed by atoms with Crippen LogP contribution in [0.15, 0.2) is 72.9 Å². The summed E-state index contributed by atoms with van der Waals surface area (Å²) in [5.74, 6) is 0.130. The zero-order chi connectivity index (χ0) is 37.5. The molecule has 0 saturated carbocycles. The number of aliphatic hydroxyl groups is 2. The molecule has 292 valence electrons. The van der Waals surface area contributed by atoms with Gasteiger partial charge in [0.15, 0.2) is 6.10 Å². The number of unbranched alkanes of at least 4 members (excludes halogenated alkanes) is 13. The predicted molar refractivity (Wildman–Crippen MR) is 215 cm³/mol. The van der Waals surface area contributed by atoms with E-state index in [1.54, 1.807) is 6.08 Å². The smallest absolute Gasteiger partial charge is 0.306 e. The van der Waals surface area contributed by atoms with Crippen molar-refractivity contribution >= 4 is 11.9 Å². The van der Waals surface area contributed by atoms with Gasteiger partial charge in [0.2, 0.25) is 0 Å². The fourth-order valence-corrected chi connectivity index (χ4v) is 5.44. The molecule has 1 unspecified atom stereocenters. The number of carbonyl (C=O) groups excluding carboxylic acids is 2. The summed E-state index contributed by atoms with van der Waals surface area (Å²) >= 11 is 0. The Labute approximate surface area is 313 Å². The van der Waals surface area contributed by atoms with Crippen LogP contribution in [-0.4, -0.2) is 47.6 Å². The Kier molecular flexibility index (Phi) is 36.5. The van der Waals surface area contributed by atoms with Crippen LogP contribution in [0.25, 0.3) is 0 Å². The Morgan fingerprint density at radius 2 is 1.14 bits per heavy atom. The second kappa shape index (κ2) is 38.5. The van der Waals surface area contributed by atoms with E-state index in [0.29, 0.717) is 19.3 Å². The average Bonchev–Trinajstić information content (AvgIpc) is 3.11. The van der Waals surface area contributed by atoms with Crippen LogP contribution in [0.3, 0.4) is 0 Å². The van der Waals surface area contributed by atoms with Crippen molar-refractivity contribution in [1.82, 2.24) is 0 Å². The van der Waals surface area contributed by atoms with Crippen LogP contribution in [0.1, 0.15) is 168 Å². The van der Waals surface area contributed by atoms with Gasteiger partial charge in [-0.05, 0) is 50.9 Å². The highest BCUT2D eigenvalue weighted by molar-refractivity contribution is 5.70. The van der Waals surface area contributed by atoms with E-state index in [1.165, 1.54) is 77.0 Å². The van der Waals surface area contributed by atoms with Gasteiger partial charge in [-0.1, -0.05) is 184 Å².